The third kappa shape index (κ3) is 3.83. The van der Waals surface area contributed by atoms with Crippen molar-refractivity contribution in [3.8, 4) is 0 Å². The van der Waals surface area contributed by atoms with Crippen molar-refractivity contribution >= 4 is 0 Å². The Morgan fingerprint density at radius 1 is 1.47 bits per heavy atom. The summed E-state index contributed by atoms with van der Waals surface area (Å²) in [7, 11) is 0. The SMILES string of the molecule is C=C(CN)CN1CCCC(C(F)(F)F)C1. The summed E-state index contributed by atoms with van der Waals surface area (Å²) < 4.78 is 37.4. The van der Waals surface area contributed by atoms with Gasteiger partial charge in [0.05, 0.1) is 5.92 Å². The van der Waals surface area contributed by atoms with Gasteiger partial charge in [0.2, 0.25) is 0 Å². The van der Waals surface area contributed by atoms with Gasteiger partial charge in [-0.25, -0.2) is 0 Å². The monoisotopic (exact) mass is 222 g/mol. The molecule has 0 aromatic heterocycles. The van der Waals surface area contributed by atoms with Crippen LogP contribution in [0.5, 0.6) is 0 Å². The van der Waals surface area contributed by atoms with Crippen molar-refractivity contribution in [2.45, 2.75) is 19.0 Å². The molecule has 0 amide bonds. The highest BCUT2D eigenvalue weighted by Gasteiger charge is 2.41. The molecule has 15 heavy (non-hydrogen) atoms. The predicted molar refractivity (Wildman–Crippen MR) is 53.4 cm³/mol. The van der Waals surface area contributed by atoms with Gasteiger partial charge < -0.3 is 5.73 Å². The van der Waals surface area contributed by atoms with Crippen LogP contribution in [0.3, 0.4) is 0 Å². The highest BCUT2D eigenvalue weighted by Crippen LogP contribution is 2.33. The van der Waals surface area contributed by atoms with Crippen LogP contribution in [0.15, 0.2) is 12.2 Å². The van der Waals surface area contributed by atoms with Gasteiger partial charge in [-0.3, -0.25) is 4.90 Å². The Morgan fingerprint density at radius 2 is 2.13 bits per heavy atom. The summed E-state index contributed by atoms with van der Waals surface area (Å²) in [5, 5.41) is 0. The zero-order valence-corrected chi connectivity index (χ0v) is 8.69. The zero-order chi connectivity index (χ0) is 11.5. The van der Waals surface area contributed by atoms with E-state index in [0.29, 0.717) is 26.1 Å². The Hall–Kier alpha value is -0.550. The van der Waals surface area contributed by atoms with Crippen molar-refractivity contribution < 1.29 is 13.2 Å². The Morgan fingerprint density at radius 3 is 2.67 bits per heavy atom. The lowest BCUT2D eigenvalue weighted by atomic mass is 9.97. The number of rotatable bonds is 3. The van der Waals surface area contributed by atoms with Gasteiger partial charge in [-0.05, 0) is 25.0 Å². The second-order valence-corrected chi connectivity index (χ2v) is 4.07. The minimum atomic E-state index is -4.07. The third-order valence-electron chi connectivity index (χ3n) is 2.70. The molecule has 2 nitrogen and oxygen atoms in total. The molecule has 1 aliphatic rings. The second kappa shape index (κ2) is 4.99. The maximum atomic E-state index is 12.5. The number of alkyl halides is 3. The maximum absolute atomic E-state index is 12.5. The number of piperidine rings is 1. The smallest absolute Gasteiger partial charge is 0.327 e. The van der Waals surface area contributed by atoms with Crippen molar-refractivity contribution in [3.05, 3.63) is 12.2 Å². The van der Waals surface area contributed by atoms with Gasteiger partial charge in [0, 0.05) is 19.6 Å². The molecule has 0 spiro atoms. The normalized spacial score (nSPS) is 24.1. The van der Waals surface area contributed by atoms with E-state index in [1.807, 2.05) is 0 Å². The molecule has 88 valence electrons. The topological polar surface area (TPSA) is 29.3 Å². The molecule has 0 aliphatic carbocycles. The summed E-state index contributed by atoms with van der Waals surface area (Å²) in [6, 6.07) is 0. The average Bonchev–Trinajstić information content (AvgIpc) is 2.17. The highest BCUT2D eigenvalue weighted by atomic mass is 19.4. The molecule has 1 rings (SSSR count). The minimum absolute atomic E-state index is 0.0858. The van der Waals surface area contributed by atoms with Crippen LogP contribution >= 0.6 is 0 Å². The van der Waals surface area contributed by atoms with Crippen LogP contribution in [-0.4, -0.2) is 37.3 Å². The summed E-state index contributed by atoms with van der Waals surface area (Å²) in [6.45, 7) is 5.34. The summed E-state index contributed by atoms with van der Waals surface area (Å²) in [5.41, 5.74) is 6.15. The van der Waals surface area contributed by atoms with Crippen molar-refractivity contribution in [2.75, 3.05) is 26.2 Å². The molecule has 2 N–H and O–H groups in total. The first-order chi connectivity index (χ1) is 6.93. The average molecular weight is 222 g/mol. The largest absolute Gasteiger partial charge is 0.393 e. The van der Waals surface area contributed by atoms with Crippen LogP contribution in [0.25, 0.3) is 0 Å². The zero-order valence-electron chi connectivity index (χ0n) is 8.69. The molecular formula is C10H17F3N2. The number of nitrogens with zero attached hydrogens (tertiary/aromatic N) is 1. The van der Waals surface area contributed by atoms with E-state index in [1.165, 1.54) is 0 Å². The van der Waals surface area contributed by atoms with E-state index in [0.717, 1.165) is 5.57 Å². The second-order valence-electron chi connectivity index (χ2n) is 4.07. The van der Waals surface area contributed by atoms with E-state index in [9.17, 15) is 13.2 Å². The molecule has 0 aromatic carbocycles. The van der Waals surface area contributed by atoms with Gasteiger partial charge in [-0.2, -0.15) is 13.2 Å². The summed E-state index contributed by atoms with van der Waals surface area (Å²) in [6.07, 6.45) is -3.22. The molecular weight excluding hydrogens is 205 g/mol. The quantitative estimate of drug-likeness (QED) is 0.737. The lowest BCUT2D eigenvalue weighted by Gasteiger charge is -2.33. The summed E-state index contributed by atoms with van der Waals surface area (Å²) in [5.74, 6) is -1.18. The van der Waals surface area contributed by atoms with E-state index in [-0.39, 0.29) is 13.0 Å². The standard InChI is InChI=1S/C10H17F3N2/c1-8(5-14)6-15-4-2-3-9(7-15)10(11,12)13/h9H,1-7,14H2. The molecule has 1 aliphatic heterocycles. The van der Waals surface area contributed by atoms with Crippen molar-refractivity contribution in [1.82, 2.24) is 4.90 Å². The Bertz CT molecular complexity index is 225. The van der Waals surface area contributed by atoms with E-state index in [4.69, 9.17) is 5.73 Å². The van der Waals surface area contributed by atoms with Crippen LogP contribution in [0.2, 0.25) is 0 Å². The lowest BCUT2D eigenvalue weighted by molar-refractivity contribution is -0.186. The van der Waals surface area contributed by atoms with Crippen molar-refractivity contribution in [3.63, 3.8) is 0 Å². The molecule has 1 saturated heterocycles. The number of likely N-dealkylation sites (tertiary alicyclic amines) is 1. The first kappa shape index (κ1) is 12.5. The van der Waals surface area contributed by atoms with E-state index >= 15 is 0 Å². The van der Waals surface area contributed by atoms with Gasteiger partial charge in [0.25, 0.3) is 0 Å². The van der Waals surface area contributed by atoms with Crippen LogP contribution in [0, 0.1) is 5.92 Å². The fourth-order valence-electron chi connectivity index (χ4n) is 1.85. The first-order valence-corrected chi connectivity index (χ1v) is 5.09. The Labute approximate surface area is 87.9 Å². The Kier molecular flexibility index (Phi) is 4.16. The number of halogens is 3. The van der Waals surface area contributed by atoms with Gasteiger partial charge in [0.15, 0.2) is 0 Å². The van der Waals surface area contributed by atoms with Crippen LogP contribution in [-0.2, 0) is 0 Å². The van der Waals surface area contributed by atoms with Crippen LogP contribution in [0.1, 0.15) is 12.8 Å². The summed E-state index contributed by atoms with van der Waals surface area (Å²) >= 11 is 0. The third-order valence-corrected chi connectivity index (χ3v) is 2.70. The lowest BCUT2D eigenvalue weighted by Crippen LogP contribution is -2.42. The van der Waals surface area contributed by atoms with E-state index in [1.54, 1.807) is 4.90 Å². The van der Waals surface area contributed by atoms with E-state index in [2.05, 4.69) is 6.58 Å². The first-order valence-electron chi connectivity index (χ1n) is 5.09. The van der Waals surface area contributed by atoms with Crippen molar-refractivity contribution in [2.24, 2.45) is 11.7 Å². The summed E-state index contributed by atoms with van der Waals surface area (Å²) in [4.78, 5) is 1.79. The van der Waals surface area contributed by atoms with Gasteiger partial charge in [-0.1, -0.05) is 6.58 Å². The fourth-order valence-corrected chi connectivity index (χ4v) is 1.85. The van der Waals surface area contributed by atoms with E-state index < -0.39 is 12.1 Å². The van der Waals surface area contributed by atoms with Gasteiger partial charge in [-0.15, -0.1) is 0 Å². The van der Waals surface area contributed by atoms with Crippen molar-refractivity contribution in [1.29, 1.82) is 0 Å². The molecule has 0 saturated carbocycles. The van der Waals surface area contributed by atoms with Gasteiger partial charge >= 0.3 is 6.18 Å². The maximum Gasteiger partial charge on any atom is 0.393 e. The molecule has 0 aromatic rings. The molecule has 5 heteroatoms. The molecule has 0 bridgehead atoms. The molecule has 1 heterocycles. The number of hydrogen-bond acceptors (Lipinski definition) is 2. The van der Waals surface area contributed by atoms with Gasteiger partial charge in [0.1, 0.15) is 0 Å². The molecule has 0 radical (unpaired) electrons. The number of hydrogen-bond donors (Lipinski definition) is 1. The Balaban J connectivity index is 2.46. The van der Waals surface area contributed by atoms with Crippen LogP contribution in [0.4, 0.5) is 13.2 Å². The molecule has 1 unspecified atom stereocenters. The highest BCUT2D eigenvalue weighted by molar-refractivity contribution is 4.99. The fraction of sp³-hybridized carbons (Fsp3) is 0.800. The molecule has 1 atom stereocenters. The van der Waals surface area contributed by atoms with Crippen LogP contribution < -0.4 is 5.73 Å². The molecule has 1 fully saturated rings. The minimum Gasteiger partial charge on any atom is -0.327 e. The predicted octanol–water partition coefficient (Wildman–Crippen LogP) is 1.78. The number of nitrogens with two attached hydrogens (primary N) is 1.